The van der Waals surface area contributed by atoms with Gasteiger partial charge in [0.05, 0.1) is 29.2 Å². The smallest absolute Gasteiger partial charge is 0.282 e. The highest BCUT2D eigenvalue weighted by Gasteiger charge is 2.12. The van der Waals surface area contributed by atoms with Crippen molar-refractivity contribution in [1.82, 2.24) is 9.66 Å². The van der Waals surface area contributed by atoms with Crippen molar-refractivity contribution in [1.29, 1.82) is 0 Å². The van der Waals surface area contributed by atoms with Gasteiger partial charge in [-0.15, -0.1) is 0 Å². The Hall–Kier alpha value is -2.38. The van der Waals surface area contributed by atoms with E-state index < -0.39 is 0 Å². The number of methoxy groups -OCH3 is 1. The molecule has 0 atom stereocenters. The zero-order chi connectivity index (χ0) is 20.3. The summed E-state index contributed by atoms with van der Waals surface area (Å²) in [5, 5.41) is 14.8. The van der Waals surface area contributed by atoms with E-state index in [1.807, 2.05) is 12.1 Å². The summed E-state index contributed by atoms with van der Waals surface area (Å²) in [6, 6.07) is 8.55. The second-order valence-corrected chi connectivity index (χ2v) is 7.53. The fourth-order valence-corrected chi connectivity index (χ4v) is 3.34. The van der Waals surface area contributed by atoms with Gasteiger partial charge >= 0.3 is 0 Å². The summed E-state index contributed by atoms with van der Waals surface area (Å²) in [4.78, 5) is 17.7. The molecule has 0 aliphatic carbocycles. The van der Waals surface area contributed by atoms with E-state index in [2.05, 4.69) is 32.9 Å². The summed E-state index contributed by atoms with van der Waals surface area (Å²) >= 11 is 9.42. The lowest BCUT2D eigenvalue weighted by atomic mass is 10.2. The number of aromatic nitrogens is 2. The fourth-order valence-electron chi connectivity index (χ4n) is 2.76. The number of rotatable bonds is 6. The molecular weight excluding hydrogens is 446 g/mol. The van der Waals surface area contributed by atoms with E-state index in [0.29, 0.717) is 28.7 Å². The molecule has 1 heterocycles. The zero-order valence-electron chi connectivity index (χ0n) is 15.4. The molecule has 3 aromatic rings. The molecule has 8 heteroatoms. The van der Waals surface area contributed by atoms with Crippen LogP contribution in [0.15, 0.2) is 44.7 Å². The summed E-state index contributed by atoms with van der Waals surface area (Å²) in [5.74, 6) is 0.683. The first-order valence-electron chi connectivity index (χ1n) is 8.76. The number of aryl methyl sites for hydroxylation is 1. The molecule has 146 valence electrons. The number of unbranched alkanes of at least 4 members (excludes halogenated alkanes) is 1. The number of fused-ring (bicyclic) bond motifs is 1. The zero-order valence-corrected chi connectivity index (χ0v) is 17.8. The molecule has 0 unspecified atom stereocenters. The van der Waals surface area contributed by atoms with Gasteiger partial charge in [0.2, 0.25) is 0 Å². The van der Waals surface area contributed by atoms with Gasteiger partial charge in [0, 0.05) is 10.9 Å². The lowest BCUT2D eigenvalue weighted by Crippen LogP contribution is -2.22. The van der Waals surface area contributed by atoms with Crippen molar-refractivity contribution < 1.29 is 9.84 Å². The fraction of sp³-hybridized carbons (Fsp3) is 0.250. The van der Waals surface area contributed by atoms with Gasteiger partial charge in [0.15, 0.2) is 11.5 Å². The molecule has 0 radical (unpaired) electrons. The monoisotopic (exact) mass is 463 g/mol. The summed E-state index contributed by atoms with van der Waals surface area (Å²) in [6.45, 7) is 2.08. The maximum absolute atomic E-state index is 13.0. The van der Waals surface area contributed by atoms with Crippen molar-refractivity contribution in [3.63, 3.8) is 0 Å². The maximum Gasteiger partial charge on any atom is 0.282 e. The van der Waals surface area contributed by atoms with Gasteiger partial charge in [-0.3, -0.25) is 4.79 Å². The van der Waals surface area contributed by atoms with Crippen molar-refractivity contribution in [2.24, 2.45) is 5.10 Å². The average molecular weight is 465 g/mol. The number of hydrogen-bond donors (Lipinski definition) is 1. The van der Waals surface area contributed by atoms with E-state index in [4.69, 9.17) is 16.3 Å². The van der Waals surface area contributed by atoms with Gasteiger partial charge in [-0.2, -0.15) is 9.78 Å². The first-order chi connectivity index (χ1) is 13.4. The topological polar surface area (TPSA) is 76.7 Å². The number of aromatic hydroxyl groups is 1. The van der Waals surface area contributed by atoms with Crippen LogP contribution in [0.4, 0.5) is 0 Å². The molecule has 0 saturated heterocycles. The Balaban J connectivity index is 2.13. The lowest BCUT2D eigenvalue weighted by Gasteiger charge is -2.10. The van der Waals surface area contributed by atoms with Gasteiger partial charge in [-0.05, 0) is 42.3 Å². The van der Waals surface area contributed by atoms with Gasteiger partial charge < -0.3 is 9.84 Å². The number of nitrogens with zero attached hydrogens (tertiary/aromatic N) is 3. The number of phenolic OH excluding ortho intramolecular Hbond substituents is 1. The third-order valence-electron chi connectivity index (χ3n) is 4.22. The van der Waals surface area contributed by atoms with E-state index >= 15 is 0 Å². The van der Waals surface area contributed by atoms with Crippen LogP contribution in [-0.2, 0) is 6.42 Å². The quantitative estimate of drug-likeness (QED) is 0.534. The Morgan fingerprint density at radius 2 is 2.14 bits per heavy atom. The van der Waals surface area contributed by atoms with Crippen LogP contribution >= 0.6 is 27.5 Å². The highest BCUT2D eigenvalue weighted by atomic mass is 79.9. The largest absolute Gasteiger partial charge is 0.503 e. The number of benzene rings is 2. The minimum absolute atomic E-state index is 0.139. The number of halogens is 2. The van der Waals surface area contributed by atoms with Crippen LogP contribution in [0.1, 0.15) is 31.2 Å². The number of phenols is 1. The SMILES string of the molecule is CCCCc1nc2ccc(Br)cc2c(=O)n1N=Cc1cc(Cl)c(O)c(OC)c1. The standard InChI is InChI=1S/C20H19BrClN3O3/c1-3-4-5-18-24-16-7-6-13(21)10-14(16)20(27)25(18)23-11-12-8-15(22)19(26)17(9-12)28-2/h6-11,26H,3-5H2,1-2H3. The van der Waals surface area contributed by atoms with Crippen LogP contribution < -0.4 is 10.3 Å². The van der Waals surface area contributed by atoms with Crippen molar-refractivity contribution in [3.8, 4) is 11.5 Å². The lowest BCUT2D eigenvalue weighted by molar-refractivity contribution is 0.373. The molecule has 3 rings (SSSR count). The molecule has 0 saturated carbocycles. The van der Waals surface area contributed by atoms with Crippen LogP contribution in [-0.4, -0.2) is 28.1 Å². The minimum atomic E-state index is -0.245. The molecular formula is C20H19BrClN3O3. The Morgan fingerprint density at radius 1 is 1.36 bits per heavy atom. The molecule has 0 aliphatic rings. The van der Waals surface area contributed by atoms with E-state index in [0.717, 1.165) is 17.3 Å². The van der Waals surface area contributed by atoms with Crippen LogP contribution in [0.3, 0.4) is 0 Å². The van der Waals surface area contributed by atoms with Gasteiger partial charge in [-0.25, -0.2) is 4.98 Å². The van der Waals surface area contributed by atoms with Crippen molar-refractivity contribution >= 4 is 44.6 Å². The highest BCUT2D eigenvalue weighted by Crippen LogP contribution is 2.34. The van der Waals surface area contributed by atoms with E-state index in [9.17, 15) is 9.90 Å². The third kappa shape index (κ3) is 4.20. The van der Waals surface area contributed by atoms with E-state index in [1.54, 1.807) is 18.2 Å². The molecule has 0 spiro atoms. The molecule has 0 amide bonds. The second kappa shape index (κ2) is 8.75. The molecule has 2 aromatic carbocycles. The molecule has 6 nitrogen and oxygen atoms in total. The minimum Gasteiger partial charge on any atom is -0.503 e. The van der Waals surface area contributed by atoms with Crippen molar-refractivity contribution in [2.45, 2.75) is 26.2 Å². The highest BCUT2D eigenvalue weighted by molar-refractivity contribution is 9.10. The predicted molar refractivity (Wildman–Crippen MR) is 115 cm³/mol. The number of hydrogen-bond acceptors (Lipinski definition) is 5. The summed E-state index contributed by atoms with van der Waals surface area (Å²) in [7, 11) is 1.44. The van der Waals surface area contributed by atoms with Gasteiger partial charge in [-0.1, -0.05) is 40.9 Å². The Bertz CT molecular complexity index is 1110. The Labute approximate surface area is 175 Å². The van der Waals surface area contributed by atoms with Crippen molar-refractivity contribution in [2.75, 3.05) is 7.11 Å². The molecule has 1 aromatic heterocycles. The Morgan fingerprint density at radius 3 is 2.86 bits per heavy atom. The predicted octanol–water partition coefficient (Wildman–Crippen LogP) is 4.75. The van der Waals surface area contributed by atoms with Crippen LogP contribution in [0.5, 0.6) is 11.5 Å². The first-order valence-corrected chi connectivity index (χ1v) is 9.93. The molecule has 0 aliphatic heterocycles. The van der Waals surface area contributed by atoms with Crippen LogP contribution in [0.2, 0.25) is 5.02 Å². The normalized spacial score (nSPS) is 11.4. The van der Waals surface area contributed by atoms with E-state index in [-0.39, 0.29) is 22.1 Å². The summed E-state index contributed by atoms with van der Waals surface area (Å²) < 4.78 is 7.22. The van der Waals surface area contributed by atoms with Crippen LogP contribution in [0, 0.1) is 0 Å². The van der Waals surface area contributed by atoms with Crippen LogP contribution in [0.25, 0.3) is 10.9 Å². The average Bonchev–Trinajstić information content (AvgIpc) is 2.68. The third-order valence-corrected chi connectivity index (χ3v) is 5.00. The Kier molecular flexibility index (Phi) is 6.36. The van der Waals surface area contributed by atoms with Crippen molar-refractivity contribution in [3.05, 3.63) is 61.6 Å². The molecule has 0 bridgehead atoms. The molecule has 0 fully saturated rings. The van der Waals surface area contributed by atoms with Gasteiger partial charge in [0.25, 0.3) is 5.56 Å². The van der Waals surface area contributed by atoms with E-state index in [1.165, 1.54) is 18.0 Å². The molecule has 28 heavy (non-hydrogen) atoms. The second-order valence-electron chi connectivity index (χ2n) is 6.21. The maximum atomic E-state index is 13.0. The van der Waals surface area contributed by atoms with Gasteiger partial charge in [0.1, 0.15) is 5.82 Å². The summed E-state index contributed by atoms with van der Waals surface area (Å²) in [6.07, 6.45) is 4.00. The molecule has 1 N–H and O–H groups in total. The summed E-state index contributed by atoms with van der Waals surface area (Å²) in [5.41, 5.74) is 0.980. The number of ether oxygens (including phenoxy) is 1. The first kappa shape index (κ1) is 20.4.